The van der Waals surface area contributed by atoms with E-state index in [2.05, 4.69) is 49.0 Å². The van der Waals surface area contributed by atoms with E-state index in [0.717, 1.165) is 21.4 Å². The van der Waals surface area contributed by atoms with Crippen LogP contribution in [0.3, 0.4) is 0 Å². The minimum Gasteiger partial charge on any atom is -0.125 e. The molecule has 1 aromatic heterocycles. The number of hydrogen-bond donors (Lipinski definition) is 0. The Morgan fingerprint density at radius 2 is 1.70 bits per heavy atom. The Labute approximate surface area is 123 Å². The van der Waals surface area contributed by atoms with Crippen LogP contribution in [0.25, 0.3) is 10.1 Å². The summed E-state index contributed by atoms with van der Waals surface area (Å²) in [7, 11) is 0. The summed E-state index contributed by atoms with van der Waals surface area (Å²) >= 11 is 1.62. The smallest absolute Gasteiger partial charge is 0.0934 e. The van der Waals surface area contributed by atoms with Crippen molar-refractivity contribution >= 4 is 21.4 Å². The van der Waals surface area contributed by atoms with Crippen molar-refractivity contribution < 1.29 is 0 Å². The number of thiophene rings is 1. The maximum Gasteiger partial charge on any atom is 0.0934 e. The first-order valence-electron chi connectivity index (χ1n) is 6.35. The molecule has 0 fully saturated rings. The van der Waals surface area contributed by atoms with E-state index in [0.29, 0.717) is 0 Å². The maximum absolute atomic E-state index is 5.60. The molecule has 0 saturated heterocycles. The second kappa shape index (κ2) is 5.25. The Morgan fingerprint density at radius 3 is 2.45 bits per heavy atom. The van der Waals surface area contributed by atoms with Gasteiger partial charge in [-0.2, -0.15) is 0 Å². The van der Waals surface area contributed by atoms with Crippen LogP contribution in [0.4, 0.5) is 0 Å². The lowest BCUT2D eigenvalue weighted by Crippen LogP contribution is -1.78. The molecule has 0 saturated carbocycles. The third kappa shape index (κ3) is 2.32. The highest BCUT2D eigenvalue weighted by Gasteiger charge is 2.07. The fourth-order valence-electron chi connectivity index (χ4n) is 2.04. The van der Waals surface area contributed by atoms with Crippen molar-refractivity contribution in [3.63, 3.8) is 0 Å². The van der Waals surface area contributed by atoms with E-state index in [9.17, 15) is 0 Å². The SMILES string of the molecule is C#Cc1sc2ccccc2c1C#Cc1ccc(C)cc1. The standard InChI is InChI=1S/C19H12S/c1-3-18-17(16-6-4-5-7-19(16)20-18)13-12-15-10-8-14(2)9-11-15/h1,4-11H,2H3. The Bertz CT molecular complexity index is 862. The number of hydrogen-bond acceptors (Lipinski definition) is 1. The molecule has 0 unspecified atom stereocenters. The van der Waals surface area contributed by atoms with Crippen molar-refractivity contribution in [3.8, 4) is 24.2 Å². The van der Waals surface area contributed by atoms with Crippen LogP contribution < -0.4 is 0 Å². The second-order valence-electron chi connectivity index (χ2n) is 4.56. The van der Waals surface area contributed by atoms with E-state index in [1.807, 2.05) is 24.3 Å². The summed E-state index contributed by atoms with van der Waals surface area (Å²) in [5.41, 5.74) is 3.21. The third-order valence-corrected chi connectivity index (χ3v) is 4.21. The lowest BCUT2D eigenvalue weighted by Gasteiger charge is -1.92. The van der Waals surface area contributed by atoms with Crippen LogP contribution in [0.5, 0.6) is 0 Å². The summed E-state index contributed by atoms with van der Waals surface area (Å²) < 4.78 is 1.19. The van der Waals surface area contributed by atoms with Gasteiger partial charge >= 0.3 is 0 Å². The van der Waals surface area contributed by atoms with Gasteiger partial charge < -0.3 is 0 Å². The van der Waals surface area contributed by atoms with Gasteiger partial charge in [0.25, 0.3) is 0 Å². The Morgan fingerprint density at radius 1 is 0.950 bits per heavy atom. The quantitative estimate of drug-likeness (QED) is 0.525. The maximum atomic E-state index is 5.60. The largest absolute Gasteiger partial charge is 0.125 e. The molecule has 0 radical (unpaired) electrons. The van der Waals surface area contributed by atoms with E-state index >= 15 is 0 Å². The zero-order chi connectivity index (χ0) is 13.9. The highest BCUT2D eigenvalue weighted by molar-refractivity contribution is 7.19. The van der Waals surface area contributed by atoms with E-state index in [4.69, 9.17) is 6.42 Å². The summed E-state index contributed by atoms with van der Waals surface area (Å²) in [5, 5.41) is 1.14. The zero-order valence-electron chi connectivity index (χ0n) is 11.1. The molecule has 0 aliphatic heterocycles. The van der Waals surface area contributed by atoms with Crippen LogP contribution >= 0.6 is 11.3 Å². The molecule has 1 heterocycles. The van der Waals surface area contributed by atoms with Crippen molar-refractivity contribution in [2.24, 2.45) is 0 Å². The number of terminal acetylenes is 1. The predicted molar refractivity (Wildman–Crippen MR) is 86.9 cm³/mol. The van der Waals surface area contributed by atoms with Crippen LogP contribution in [0.1, 0.15) is 21.6 Å². The highest BCUT2D eigenvalue weighted by atomic mass is 32.1. The average molecular weight is 272 g/mol. The van der Waals surface area contributed by atoms with Crippen molar-refractivity contribution in [1.29, 1.82) is 0 Å². The predicted octanol–water partition coefficient (Wildman–Crippen LogP) is 4.59. The summed E-state index contributed by atoms with van der Waals surface area (Å²) in [6, 6.07) is 16.4. The Kier molecular flexibility index (Phi) is 3.30. The van der Waals surface area contributed by atoms with Gasteiger partial charge in [-0.1, -0.05) is 53.7 Å². The zero-order valence-corrected chi connectivity index (χ0v) is 11.9. The minimum atomic E-state index is 0.908. The van der Waals surface area contributed by atoms with Gasteiger partial charge in [-0.15, -0.1) is 17.8 Å². The Balaban J connectivity index is 2.11. The molecule has 0 atom stereocenters. The van der Waals surface area contributed by atoms with Gasteiger partial charge in [0.2, 0.25) is 0 Å². The molecule has 1 heteroatoms. The van der Waals surface area contributed by atoms with Crippen LogP contribution in [0, 0.1) is 31.1 Å². The number of fused-ring (bicyclic) bond motifs is 1. The first-order valence-corrected chi connectivity index (χ1v) is 7.16. The van der Waals surface area contributed by atoms with Crippen molar-refractivity contribution in [2.45, 2.75) is 6.92 Å². The molecule has 2 aromatic carbocycles. The summed E-state index contributed by atoms with van der Waals surface area (Å²) in [5.74, 6) is 9.19. The average Bonchev–Trinajstić information content (AvgIpc) is 2.84. The molecular formula is C19H12S. The lowest BCUT2D eigenvalue weighted by atomic mass is 10.1. The Hall–Kier alpha value is -2.48. The molecule has 20 heavy (non-hydrogen) atoms. The van der Waals surface area contributed by atoms with E-state index < -0.39 is 0 Å². The molecule has 0 N–H and O–H groups in total. The lowest BCUT2D eigenvalue weighted by molar-refractivity contribution is 1.46. The molecule has 0 amide bonds. The monoisotopic (exact) mass is 272 g/mol. The van der Waals surface area contributed by atoms with E-state index in [-0.39, 0.29) is 0 Å². The molecule has 0 aliphatic carbocycles. The molecule has 94 valence electrons. The number of benzene rings is 2. The molecule has 3 rings (SSSR count). The highest BCUT2D eigenvalue weighted by Crippen LogP contribution is 2.29. The van der Waals surface area contributed by atoms with Crippen LogP contribution in [-0.4, -0.2) is 0 Å². The first-order chi connectivity index (χ1) is 9.78. The van der Waals surface area contributed by atoms with Gasteiger partial charge in [0, 0.05) is 15.6 Å². The van der Waals surface area contributed by atoms with Gasteiger partial charge in [0.1, 0.15) is 0 Å². The van der Waals surface area contributed by atoms with Crippen molar-refractivity contribution in [1.82, 2.24) is 0 Å². The minimum absolute atomic E-state index is 0.908. The topological polar surface area (TPSA) is 0 Å². The molecule has 0 nitrogen and oxygen atoms in total. The normalized spacial score (nSPS) is 9.80. The molecule has 0 spiro atoms. The van der Waals surface area contributed by atoms with Crippen LogP contribution in [-0.2, 0) is 0 Å². The number of rotatable bonds is 0. The van der Waals surface area contributed by atoms with Gasteiger partial charge in [-0.3, -0.25) is 0 Å². The molecule has 0 bridgehead atoms. The van der Waals surface area contributed by atoms with E-state index in [1.165, 1.54) is 10.3 Å². The number of aryl methyl sites for hydroxylation is 1. The fraction of sp³-hybridized carbons (Fsp3) is 0.0526. The van der Waals surface area contributed by atoms with Crippen LogP contribution in [0.15, 0.2) is 48.5 Å². The second-order valence-corrected chi connectivity index (χ2v) is 5.61. The molecule has 0 aliphatic rings. The van der Waals surface area contributed by atoms with Gasteiger partial charge in [0.05, 0.1) is 10.4 Å². The van der Waals surface area contributed by atoms with E-state index in [1.54, 1.807) is 11.3 Å². The van der Waals surface area contributed by atoms with Crippen LogP contribution in [0.2, 0.25) is 0 Å². The van der Waals surface area contributed by atoms with Gasteiger partial charge in [-0.05, 0) is 25.1 Å². The van der Waals surface area contributed by atoms with Crippen molar-refractivity contribution in [2.75, 3.05) is 0 Å². The molecule has 3 aromatic rings. The fourth-order valence-corrected chi connectivity index (χ4v) is 3.01. The summed E-state index contributed by atoms with van der Waals surface area (Å²) in [6.07, 6.45) is 5.60. The first kappa shape index (κ1) is 12.5. The van der Waals surface area contributed by atoms with Gasteiger partial charge in [-0.25, -0.2) is 0 Å². The molecular weight excluding hydrogens is 260 g/mol. The summed E-state index contributed by atoms with van der Waals surface area (Å²) in [4.78, 5) is 0.908. The summed E-state index contributed by atoms with van der Waals surface area (Å²) in [6.45, 7) is 2.07. The van der Waals surface area contributed by atoms with Gasteiger partial charge in [0.15, 0.2) is 0 Å². The van der Waals surface area contributed by atoms with Crippen molar-refractivity contribution in [3.05, 3.63) is 70.1 Å². The third-order valence-electron chi connectivity index (χ3n) is 3.11.